The highest BCUT2D eigenvalue weighted by Gasteiger charge is 2.10. The van der Waals surface area contributed by atoms with Crippen LogP contribution in [0, 0.1) is 0 Å². The minimum Gasteiger partial charge on any atom is -0.354 e. The van der Waals surface area contributed by atoms with Gasteiger partial charge in [-0.05, 0) is 47.9 Å². The topological polar surface area (TPSA) is 84.0 Å². The molecule has 2 heterocycles. The number of benzene rings is 1. The molecule has 3 rings (SSSR count). The van der Waals surface area contributed by atoms with E-state index in [1.165, 1.54) is 19.3 Å². The molecule has 0 aliphatic rings. The van der Waals surface area contributed by atoms with Gasteiger partial charge < -0.3 is 10.6 Å². The fourth-order valence-electron chi connectivity index (χ4n) is 2.46. The molecule has 136 valence electrons. The molecule has 0 saturated heterocycles. The third kappa shape index (κ3) is 4.89. The van der Waals surface area contributed by atoms with E-state index in [1.807, 2.05) is 30.3 Å². The van der Waals surface area contributed by atoms with Crippen molar-refractivity contribution in [3.63, 3.8) is 0 Å². The number of rotatable bonds is 5. The van der Waals surface area contributed by atoms with Crippen LogP contribution in [0.15, 0.2) is 60.9 Å². The predicted octanol–water partition coefficient (Wildman–Crippen LogP) is 3.33. The van der Waals surface area contributed by atoms with Crippen molar-refractivity contribution in [3.05, 3.63) is 88.3 Å². The number of amides is 2. The lowest BCUT2D eigenvalue weighted by Crippen LogP contribution is -2.20. The number of pyridine rings is 2. The average molecular weight is 381 g/mol. The molecule has 7 heteroatoms. The van der Waals surface area contributed by atoms with Crippen molar-refractivity contribution >= 4 is 29.2 Å². The Morgan fingerprint density at radius 1 is 0.963 bits per heavy atom. The summed E-state index contributed by atoms with van der Waals surface area (Å²) in [5.41, 5.74) is 2.68. The maximum absolute atomic E-state index is 12.3. The van der Waals surface area contributed by atoms with Gasteiger partial charge >= 0.3 is 0 Å². The number of carbonyl (C=O) groups is 2. The van der Waals surface area contributed by atoms with Gasteiger partial charge in [-0.15, -0.1) is 0 Å². The molecule has 0 unspecified atom stereocenters. The number of carbonyl (C=O) groups excluding carboxylic acids is 2. The second kappa shape index (κ2) is 8.42. The van der Waals surface area contributed by atoms with Crippen molar-refractivity contribution in [2.45, 2.75) is 6.42 Å². The smallest absolute Gasteiger partial charge is 0.269 e. The maximum atomic E-state index is 12.3. The number of aromatic nitrogens is 2. The monoisotopic (exact) mass is 380 g/mol. The van der Waals surface area contributed by atoms with Gasteiger partial charge in [0.25, 0.3) is 11.8 Å². The first-order chi connectivity index (χ1) is 13.0. The molecule has 6 nitrogen and oxygen atoms in total. The number of hydrogen-bond donors (Lipinski definition) is 2. The Bertz CT molecular complexity index is 956. The third-order valence-electron chi connectivity index (χ3n) is 3.85. The molecule has 0 atom stereocenters. The van der Waals surface area contributed by atoms with Gasteiger partial charge in [0.2, 0.25) is 0 Å². The van der Waals surface area contributed by atoms with Crippen LogP contribution in [0.5, 0.6) is 0 Å². The van der Waals surface area contributed by atoms with Crippen molar-refractivity contribution in [1.29, 1.82) is 0 Å². The first-order valence-electron chi connectivity index (χ1n) is 8.24. The summed E-state index contributed by atoms with van der Waals surface area (Å²) in [4.78, 5) is 32.0. The molecule has 0 saturated carbocycles. The predicted molar refractivity (Wildman–Crippen MR) is 104 cm³/mol. The molecule has 0 bridgehead atoms. The summed E-state index contributed by atoms with van der Waals surface area (Å²) < 4.78 is 0. The van der Waals surface area contributed by atoms with Gasteiger partial charge in [-0.25, -0.2) is 4.98 Å². The third-order valence-corrected chi connectivity index (χ3v) is 4.08. The van der Waals surface area contributed by atoms with Crippen LogP contribution in [-0.2, 0) is 6.42 Å². The summed E-state index contributed by atoms with van der Waals surface area (Å²) in [5.74, 6) is -0.217. The number of anilines is 1. The van der Waals surface area contributed by atoms with Crippen molar-refractivity contribution < 1.29 is 9.59 Å². The summed E-state index contributed by atoms with van der Waals surface area (Å²) in [7, 11) is 1.52. The molecule has 0 fully saturated rings. The first kappa shape index (κ1) is 18.5. The van der Waals surface area contributed by atoms with Gasteiger partial charge in [0.15, 0.2) is 0 Å². The zero-order chi connectivity index (χ0) is 19.2. The molecule has 1 aromatic carbocycles. The second-order valence-corrected chi connectivity index (χ2v) is 6.26. The van der Waals surface area contributed by atoms with Gasteiger partial charge in [0.05, 0.1) is 5.56 Å². The van der Waals surface area contributed by atoms with Crippen molar-refractivity contribution in [1.82, 2.24) is 15.3 Å². The van der Waals surface area contributed by atoms with Gasteiger partial charge in [0.1, 0.15) is 11.5 Å². The summed E-state index contributed by atoms with van der Waals surface area (Å²) in [5, 5.41) is 5.88. The van der Waals surface area contributed by atoms with E-state index in [4.69, 9.17) is 11.6 Å². The first-order valence-corrected chi connectivity index (χ1v) is 8.62. The molecule has 27 heavy (non-hydrogen) atoms. The van der Waals surface area contributed by atoms with E-state index in [0.717, 1.165) is 11.1 Å². The normalized spacial score (nSPS) is 10.3. The number of halogens is 1. The van der Waals surface area contributed by atoms with Gasteiger partial charge in [-0.2, -0.15) is 0 Å². The number of nitrogens with one attached hydrogen (secondary N) is 2. The van der Waals surface area contributed by atoms with Gasteiger partial charge in [0, 0.05) is 24.5 Å². The average Bonchev–Trinajstić information content (AvgIpc) is 2.69. The second-order valence-electron chi connectivity index (χ2n) is 5.82. The number of nitrogens with zero attached hydrogens (tertiary/aromatic N) is 2. The molecule has 0 radical (unpaired) electrons. The van der Waals surface area contributed by atoms with E-state index < -0.39 is 0 Å². The Hall–Kier alpha value is -3.25. The maximum Gasteiger partial charge on any atom is 0.269 e. The highest BCUT2D eigenvalue weighted by atomic mass is 35.5. The van der Waals surface area contributed by atoms with E-state index in [-0.39, 0.29) is 17.5 Å². The highest BCUT2D eigenvalue weighted by molar-refractivity contribution is 6.30. The SMILES string of the molecule is CNC(=O)c1ccc(C(=O)Nc2ccc(Cc3cccc(Cl)c3)cn2)cn1. The minimum absolute atomic E-state index is 0.248. The Kier molecular flexibility index (Phi) is 5.78. The Morgan fingerprint density at radius 2 is 1.81 bits per heavy atom. The van der Waals surface area contributed by atoms with Crippen LogP contribution in [0.3, 0.4) is 0 Å². The van der Waals surface area contributed by atoms with E-state index in [2.05, 4.69) is 20.6 Å². The van der Waals surface area contributed by atoms with Crippen LogP contribution in [-0.4, -0.2) is 28.8 Å². The zero-order valence-corrected chi connectivity index (χ0v) is 15.3. The fraction of sp³-hybridized carbons (Fsp3) is 0.100. The molecule has 0 aliphatic heterocycles. The van der Waals surface area contributed by atoms with E-state index >= 15 is 0 Å². The standard InChI is InChI=1S/C20H17ClN4O2/c1-22-20(27)17-7-6-15(12-23-17)19(26)25-18-8-5-14(11-24-18)9-13-3-2-4-16(21)10-13/h2-8,10-12H,9H2,1H3,(H,22,27)(H,24,25,26). The summed E-state index contributed by atoms with van der Waals surface area (Å²) in [6, 6.07) is 14.3. The fourth-order valence-corrected chi connectivity index (χ4v) is 2.68. The molecule has 2 N–H and O–H groups in total. The molecule has 2 amide bonds. The van der Waals surface area contributed by atoms with Crippen LogP contribution in [0.2, 0.25) is 5.02 Å². The quantitative estimate of drug-likeness (QED) is 0.711. The van der Waals surface area contributed by atoms with Crippen molar-refractivity contribution in [2.75, 3.05) is 12.4 Å². The van der Waals surface area contributed by atoms with Crippen LogP contribution < -0.4 is 10.6 Å². The Morgan fingerprint density at radius 3 is 2.44 bits per heavy atom. The van der Waals surface area contributed by atoms with Crippen LogP contribution >= 0.6 is 11.6 Å². The lowest BCUT2D eigenvalue weighted by molar-refractivity contribution is 0.0955. The molecule has 2 aromatic heterocycles. The molecule has 3 aromatic rings. The van der Waals surface area contributed by atoms with E-state index in [1.54, 1.807) is 18.3 Å². The Balaban J connectivity index is 1.63. The lowest BCUT2D eigenvalue weighted by Gasteiger charge is -2.07. The summed E-state index contributed by atoms with van der Waals surface area (Å²) in [6.45, 7) is 0. The highest BCUT2D eigenvalue weighted by Crippen LogP contribution is 2.15. The number of hydrogen-bond acceptors (Lipinski definition) is 4. The van der Waals surface area contributed by atoms with Crippen LogP contribution in [0.4, 0.5) is 5.82 Å². The van der Waals surface area contributed by atoms with Crippen LogP contribution in [0.1, 0.15) is 32.0 Å². The molecular formula is C20H17ClN4O2. The zero-order valence-electron chi connectivity index (χ0n) is 14.6. The van der Waals surface area contributed by atoms with Crippen molar-refractivity contribution in [2.24, 2.45) is 0 Å². The van der Waals surface area contributed by atoms with E-state index in [0.29, 0.717) is 22.8 Å². The van der Waals surface area contributed by atoms with Gasteiger partial charge in [-0.1, -0.05) is 29.8 Å². The van der Waals surface area contributed by atoms with Gasteiger partial charge in [-0.3, -0.25) is 14.6 Å². The van der Waals surface area contributed by atoms with E-state index in [9.17, 15) is 9.59 Å². The molecule has 0 spiro atoms. The van der Waals surface area contributed by atoms with Crippen molar-refractivity contribution in [3.8, 4) is 0 Å². The van der Waals surface area contributed by atoms with Crippen LogP contribution in [0.25, 0.3) is 0 Å². The minimum atomic E-state index is -0.346. The largest absolute Gasteiger partial charge is 0.354 e. The molecular weight excluding hydrogens is 364 g/mol. The lowest BCUT2D eigenvalue weighted by atomic mass is 10.1. The molecule has 0 aliphatic carbocycles. The summed E-state index contributed by atoms with van der Waals surface area (Å²) >= 11 is 6.00. The Labute approximate surface area is 161 Å². The summed E-state index contributed by atoms with van der Waals surface area (Å²) in [6.07, 6.45) is 3.77.